The molecule has 42 heavy (non-hydrogen) atoms. The molecule has 3 aromatic rings. The molecule has 1 aliphatic rings. The van der Waals surface area contributed by atoms with Gasteiger partial charge >= 0.3 is 18.3 Å². The summed E-state index contributed by atoms with van der Waals surface area (Å²) >= 11 is 11.1. The fraction of sp³-hybridized carbons (Fsp3) is 0.333. The van der Waals surface area contributed by atoms with Crippen molar-refractivity contribution in [1.29, 1.82) is 0 Å². The lowest BCUT2D eigenvalue weighted by molar-refractivity contribution is -0.192. The summed E-state index contributed by atoms with van der Waals surface area (Å²) < 4.78 is 91.6. The van der Waals surface area contributed by atoms with Crippen molar-refractivity contribution in [3.05, 3.63) is 80.6 Å². The molecule has 228 valence electrons. The van der Waals surface area contributed by atoms with Crippen LogP contribution in [0.25, 0.3) is 0 Å². The number of hydrogen-bond acceptors (Lipinski definition) is 10. The molecule has 0 amide bonds. The predicted octanol–water partition coefficient (Wildman–Crippen LogP) is 4.14. The molecular formula is C24H22ClF4N2O9PS. The molecule has 2 aromatic carbocycles. The number of halogens is 5. The highest BCUT2D eigenvalue weighted by molar-refractivity contribution is 8.07. The van der Waals surface area contributed by atoms with Gasteiger partial charge in [-0.3, -0.25) is 18.9 Å². The first kappa shape index (κ1) is 31.8. The van der Waals surface area contributed by atoms with Gasteiger partial charge in [0.25, 0.3) is 12.0 Å². The summed E-state index contributed by atoms with van der Waals surface area (Å²) in [6.07, 6.45) is -9.41. The number of methoxy groups -OCH3 is 2. The lowest BCUT2D eigenvalue weighted by Gasteiger charge is -2.32. The highest BCUT2D eigenvalue weighted by Gasteiger charge is 2.71. The van der Waals surface area contributed by atoms with Crippen molar-refractivity contribution in [3.63, 3.8) is 0 Å². The minimum absolute atomic E-state index is 0.0456. The number of aromatic amines is 1. The van der Waals surface area contributed by atoms with Gasteiger partial charge in [0.05, 0.1) is 20.8 Å². The Balaban J connectivity index is 1.69. The molecule has 3 atom stereocenters. The molecule has 0 radical (unpaired) electrons. The van der Waals surface area contributed by atoms with Crippen LogP contribution in [-0.4, -0.2) is 59.5 Å². The average Bonchev–Trinajstić information content (AvgIpc) is 3.16. The number of ether oxygens (including phenoxy) is 3. The van der Waals surface area contributed by atoms with Gasteiger partial charge in [-0.05, 0) is 48.5 Å². The number of H-pyrrole nitrogens is 1. The minimum atomic E-state index is -4.51. The second-order valence-electron chi connectivity index (χ2n) is 8.70. The molecule has 11 nitrogen and oxygen atoms in total. The van der Waals surface area contributed by atoms with Crippen LogP contribution < -0.4 is 29.8 Å². The normalized spacial score (nSPS) is 21.7. The Morgan fingerprint density at radius 1 is 1.02 bits per heavy atom. The predicted molar refractivity (Wildman–Crippen MR) is 144 cm³/mol. The topological polar surface area (TPSA) is 130 Å². The number of rotatable bonds is 11. The SMILES string of the molecule is COc1ccc(OP(=S)(OCC2(C(F)F)OC(n3cc(Cl)c(=O)[nH]c3=O)C(F)(F)C2O)Oc2ccc(OC)cc2)cc1. The summed E-state index contributed by atoms with van der Waals surface area (Å²) in [6.45, 7) is -5.66. The van der Waals surface area contributed by atoms with Crippen LogP contribution in [0, 0.1) is 0 Å². The second kappa shape index (κ2) is 12.2. The fourth-order valence-electron chi connectivity index (χ4n) is 3.82. The average molecular weight is 657 g/mol. The van der Waals surface area contributed by atoms with Crippen molar-refractivity contribution in [2.45, 2.75) is 30.3 Å². The van der Waals surface area contributed by atoms with E-state index in [1.54, 1.807) is 4.98 Å². The summed E-state index contributed by atoms with van der Waals surface area (Å²) in [7, 11) is 2.84. The van der Waals surface area contributed by atoms with Crippen LogP contribution in [0.2, 0.25) is 5.02 Å². The van der Waals surface area contributed by atoms with Gasteiger partial charge in [0.1, 0.15) is 28.0 Å². The lowest BCUT2D eigenvalue weighted by Crippen LogP contribution is -2.54. The molecule has 1 aromatic heterocycles. The summed E-state index contributed by atoms with van der Waals surface area (Å²) in [5.41, 5.74) is -6.02. The van der Waals surface area contributed by atoms with Gasteiger partial charge in [-0.1, -0.05) is 11.6 Å². The second-order valence-corrected chi connectivity index (χ2v) is 12.0. The summed E-state index contributed by atoms with van der Waals surface area (Å²) in [5, 5.41) is 9.77. The van der Waals surface area contributed by atoms with E-state index in [0.29, 0.717) is 17.7 Å². The van der Waals surface area contributed by atoms with Crippen molar-refractivity contribution in [1.82, 2.24) is 9.55 Å². The van der Waals surface area contributed by atoms with Crippen molar-refractivity contribution >= 4 is 30.1 Å². The molecule has 2 N–H and O–H groups in total. The van der Waals surface area contributed by atoms with Crippen LogP contribution in [0.5, 0.6) is 23.0 Å². The molecule has 0 saturated carbocycles. The smallest absolute Gasteiger partial charge is 0.435 e. The zero-order valence-electron chi connectivity index (χ0n) is 21.5. The van der Waals surface area contributed by atoms with E-state index in [2.05, 4.69) is 0 Å². The van der Waals surface area contributed by atoms with Crippen molar-refractivity contribution in [3.8, 4) is 23.0 Å². The number of alkyl halides is 4. The van der Waals surface area contributed by atoms with Gasteiger partial charge in [-0.15, -0.1) is 0 Å². The zero-order chi connectivity index (χ0) is 30.9. The molecule has 1 aliphatic heterocycles. The van der Waals surface area contributed by atoms with E-state index in [1.807, 2.05) is 0 Å². The number of nitrogens with one attached hydrogen (secondary N) is 1. The molecule has 2 heterocycles. The maximum Gasteiger partial charge on any atom is 0.435 e. The number of aromatic nitrogens is 2. The van der Waals surface area contributed by atoms with Gasteiger partial charge in [0.2, 0.25) is 6.23 Å². The monoisotopic (exact) mass is 656 g/mol. The molecule has 0 spiro atoms. The molecule has 4 rings (SSSR count). The van der Waals surface area contributed by atoms with E-state index in [1.165, 1.54) is 62.8 Å². The quantitative estimate of drug-likeness (QED) is 0.230. The zero-order valence-corrected chi connectivity index (χ0v) is 24.0. The summed E-state index contributed by atoms with van der Waals surface area (Å²) in [6, 6.07) is 11.6. The number of benzene rings is 2. The van der Waals surface area contributed by atoms with Gasteiger partial charge < -0.3 is 28.4 Å². The molecular weight excluding hydrogens is 635 g/mol. The van der Waals surface area contributed by atoms with Crippen LogP contribution in [0.1, 0.15) is 6.23 Å². The lowest BCUT2D eigenvalue weighted by atomic mass is 9.96. The Morgan fingerprint density at radius 2 is 1.50 bits per heavy atom. The van der Waals surface area contributed by atoms with E-state index < -0.39 is 59.9 Å². The Hall–Kier alpha value is -3.14. The first-order chi connectivity index (χ1) is 19.7. The molecule has 3 unspecified atom stereocenters. The highest BCUT2D eigenvalue weighted by Crippen LogP contribution is 2.55. The van der Waals surface area contributed by atoms with E-state index >= 15 is 8.78 Å². The van der Waals surface area contributed by atoms with Crippen molar-refractivity contribution < 1.29 is 50.5 Å². The third-order valence-corrected chi connectivity index (χ3v) is 8.38. The van der Waals surface area contributed by atoms with Gasteiger partial charge in [-0.25, -0.2) is 13.6 Å². The summed E-state index contributed by atoms with van der Waals surface area (Å²) in [5.74, 6) is -3.54. The molecule has 0 aliphatic carbocycles. The van der Waals surface area contributed by atoms with Crippen LogP contribution in [0.15, 0.2) is 64.3 Å². The number of aliphatic hydroxyl groups excluding tert-OH is 1. The van der Waals surface area contributed by atoms with Gasteiger partial charge in [-0.2, -0.15) is 8.78 Å². The number of hydrogen-bond donors (Lipinski definition) is 2. The Kier molecular flexibility index (Phi) is 9.25. The Labute approximate surface area is 244 Å². The highest BCUT2D eigenvalue weighted by atomic mass is 35.5. The number of nitrogens with zero attached hydrogens (tertiary/aromatic N) is 1. The van der Waals surface area contributed by atoms with E-state index in [4.69, 9.17) is 51.2 Å². The van der Waals surface area contributed by atoms with Crippen LogP contribution in [0.3, 0.4) is 0 Å². The summed E-state index contributed by atoms with van der Waals surface area (Å²) in [4.78, 5) is 25.5. The van der Waals surface area contributed by atoms with Crippen molar-refractivity contribution in [2.24, 2.45) is 0 Å². The third-order valence-electron chi connectivity index (χ3n) is 6.04. The van der Waals surface area contributed by atoms with Crippen molar-refractivity contribution in [2.75, 3.05) is 20.8 Å². The maximum atomic E-state index is 15.3. The van der Waals surface area contributed by atoms with Crippen LogP contribution in [-0.2, 0) is 21.1 Å². The Morgan fingerprint density at radius 3 is 1.95 bits per heavy atom. The number of aliphatic hydroxyl groups is 1. The molecule has 18 heteroatoms. The van der Waals surface area contributed by atoms with Crippen LogP contribution in [0.4, 0.5) is 17.6 Å². The molecule has 0 bridgehead atoms. The van der Waals surface area contributed by atoms with E-state index in [0.717, 1.165) is 0 Å². The molecule has 1 fully saturated rings. The fourth-order valence-corrected chi connectivity index (χ4v) is 5.91. The van der Waals surface area contributed by atoms with E-state index in [-0.39, 0.29) is 16.1 Å². The molecule has 1 saturated heterocycles. The third kappa shape index (κ3) is 6.28. The van der Waals surface area contributed by atoms with Gasteiger partial charge in [0.15, 0.2) is 11.7 Å². The maximum absolute atomic E-state index is 15.3. The van der Waals surface area contributed by atoms with Crippen LogP contribution >= 0.6 is 18.3 Å². The standard InChI is InChI=1S/C24H22ClF4N2O9PS/c1-35-13-3-7-15(8-4-13)39-41(42,40-16-9-5-14(36-2)6-10-16)37-12-23(20(26)27)19(33)24(28,29)21(38-23)31-11-17(25)18(32)30-22(31)34/h3-11,19-21,33H,12H2,1-2H3,(H,30,32,34). The first-order valence-electron chi connectivity index (χ1n) is 11.7. The Bertz CT molecular complexity index is 1520. The van der Waals surface area contributed by atoms with Gasteiger partial charge in [0, 0.05) is 18.0 Å². The largest absolute Gasteiger partial charge is 0.497 e. The minimum Gasteiger partial charge on any atom is -0.497 e. The van der Waals surface area contributed by atoms with E-state index in [9.17, 15) is 23.5 Å². The first-order valence-corrected chi connectivity index (χ1v) is 14.6.